The summed E-state index contributed by atoms with van der Waals surface area (Å²) in [4.78, 5) is 26.2. The Morgan fingerprint density at radius 3 is 2.67 bits per heavy atom. The van der Waals surface area contributed by atoms with E-state index in [2.05, 4.69) is 10.4 Å². The summed E-state index contributed by atoms with van der Waals surface area (Å²) in [5.41, 5.74) is 0.914. The maximum atomic E-state index is 14.0. The molecule has 0 saturated carbocycles. The summed E-state index contributed by atoms with van der Waals surface area (Å²) in [6, 6.07) is 11.9. The Morgan fingerprint density at radius 2 is 1.93 bits per heavy atom. The van der Waals surface area contributed by atoms with Crippen molar-refractivity contribution in [3.63, 3.8) is 0 Å². The lowest BCUT2D eigenvalue weighted by atomic mass is 10.1. The molecule has 1 aliphatic heterocycles. The molecule has 1 aliphatic rings. The minimum absolute atomic E-state index is 0.0124. The van der Waals surface area contributed by atoms with Crippen molar-refractivity contribution in [2.75, 3.05) is 16.8 Å². The van der Waals surface area contributed by atoms with Crippen LogP contribution in [-0.4, -0.2) is 28.1 Å². The molecule has 154 valence electrons. The molecule has 9 heteroatoms. The van der Waals surface area contributed by atoms with Crippen LogP contribution in [0.3, 0.4) is 0 Å². The fourth-order valence-electron chi connectivity index (χ4n) is 3.37. The normalized spacial score (nSPS) is 16.2. The van der Waals surface area contributed by atoms with Gasteiger partial charge in [-0.05, 0) is 29.8 Å². The van der Waals surface area contributed by atoms with Gasteiger partial charge < -0.3 is 10.2 Å². The lowest BCUT2D eigenvalue weighted by Crippen LogP contribution is -2.29. The molecule has 30 heavy (non-hydrogen) atoms. The molecule has 1 N–H and O–H groups in total. The second-order valence-electron chi connectivity index (χ2n) is 6.99. The average molecular weight is 431 g/mol. The summed E-state index contributed by atoms with van der Waals surface area (Å²) in [5.74, 6) is -2.52. The van der Waals surface area contributed by atoms with Crippen LogP contribution in [0.15, 0.2) is 54.7 Å². The molecule has 1 saturated heterocycles. The zero-order valence-corrected chi connectivity index (χ0v) is 16.4. The molecule has 0 aliphatic carbocycles. The average Bonchev–Trinajstić information content (AvgIpc) is 3.30. The number of nitrogens with one attached hydrogen (secondary N) is 1. The Labute approximate surface area is 176 Å². The molecule has 1 aromatic heterocycles. The maximum absolute atomic E-state index is 14.0. The monoisotopic (exact) mass is 430 g/mol. The maximum Gasteiger partial charge on any atom is 0.230 e. The quantitative estimate of drug-likeness (QED) is 0.668. The Hall–Kier alpha value is -3.26. The minimum Gasteiger partial charge on any atom is -0.311 e. The van der Waals surface area contributed by atoms with Crippen molar-refractivity contribution >= 4 is 34.9 Å². The zero-order valence-electron chi connectivity index (χ0n) is 15.7. The summed E-state index contributed by atoms with van der Waals surface area (Å²) in [6.07, 6.45) is 1.50. The number of carbonyl (C=O) groups is 2. The lowest BCUT2D eigenvalue weighted by molar-refractivity contribution is -0.122. The number of hydrogen-bond acceptors (Lipinski definition) is 3. The molecule has 1 atom stereocenters. The van der Waals surface area contributed by atoms with Gasteiger partial charge in [-0.1, -0.05) is 23.7 Å². The second kappa shape index (κ2) is 8.23. The van der Waals surface area contributed by atoms with Crippen LogP contribution in [0.2, 0.25) is 5.02 Å². The van der Waals surface area contributed by atoms with Crippen molar-refractivity contribution in [1.82, 2.24) is 9.78 Å². The summed E-state index contributed by atoms with van der Waals surface area (Å²) in [5, 5.41) is 7.63. The third-order valence-electron chi connectivity index (χ3n) is 4.91. The smallest absolute Gasteiger partial charge is 0.230 e. The number of anilines is 2. The van der Waals surface area contributed by atoms with Gasteiger partial charge in [0.2, 0.25) is 11.8 Å². The summed E-state index contributed by atoms with van der Waals surface area (Å²) < 4.78 is 28.8. The largest absolute Gasteiger partial charge is 0.311 e. The number of amides is 2. The molecule has 0 radical (unpaired) electrons. The first-order valence-electron chi connectivity index (χ1n) is 9.23. The lowest BCUT2D eigenvalue weighted by Gasteiger charge is -2.17. The van der Waals surface area contributed by atoms with Crippen LogP contribution in [0.5, 0.6) is 0 Å². The second-order valence-corrected chi connectivity index (χ2v) is 7.43. The molecule has 6 nitrogen and oxygen atoms in total. The molecule has 2 aromatic carbocycles. The van der Waals surface area contributed by atoms with E-state index in [0.29, 0.717) is 23.5 Å². The van der Waals surface area contributed by atoms with Crippen molar-refractivity contribution < 1.29 is 18.4 Å². The number of halogens is 3. The fourth-order valence-corrected chi connectivity index (χ4v) is 3.50. The van der Waals surface area contributed by atoms with E-state index in [1.165, 1.54) is 11.0 Å². The van der Waals surface area contributed by atoms with Crippen LogP contribution in [0, 0.1) is 17.6 Å². The van der Waals surface area contributed by atoms with Crippen molar-refractivity contribution in [2.45, 2.75) is 13.0 Å². The van der Waals surface area contributed by atoms with Crippen molar-refractivity contribution in [3.05, 3.63) is 76.9 Å². The minimum atomic E-state index is -0.842. The first-order valence-corrected chi connectivity index (χ1v) is 9.61. The molecule has 1 fully saturated rings. The Morgan fingerprint density at radius 1 is 1.17 bits per heavy atom. The van der Waals surface area contributed by atoms with Gasteiger partial charge in [0.25, 0.3) is 0 Å². The van der Waals surface area contributed by atoms with Gasteiger partial charge in [0.05, 0.1) is 24.3 Å². The van der Waals surface area contributed by atoms with Crippen LogP contribution in [0.4, 0.5) is 20.3 Å². The van der Waals surface area contributed by atoms with Gasteiger partial charge in [0.15, 0.2) is 0 Å². The van der Waals surface area contributed by atoms with Crippen LogP contribution < -0.4 is 10.2 Å². The van der Waals surface area contributed by atoms with Crippen LogP contribution in [-0.2, 0) is 16.1 Å². The molecule has 1 unspecified atom stereocenters. The number of hydrogen-bond donors (Lipinski definition) is 1. The number of nitrogens with zero attached hydrogens (tertiary/aromatic N) is 3. The predicted molar refractivity (Wildman–Crippen MR) is 108 cm³/mol. The van der Waals surface area contributed by atoms with Crippen LogP contribution >= 0.6 is 11.6 Å². The van der Waals surface area contributed by atoms with E-state index in [-0.39, 0.29) is 24.6 Å². The molecule has 2 heterocycles. The molecular formula is C21H17ClF2N4O2. The van der Waals surface area contributed by atoms with E-state index in [1.54, 1.807) is 29.1 Å². The Kier molecular flexibility index (Phi) is 5.50. The highest BCUT2D eigenvalue weighted by atomic mass is 35.5. The molecule has 3 aromatic rings. The number of benzene rings is 2. The van der Waals surface area contributed by atoms with E-state index in [4.69, 9.17) is 11.6 Å². The van der Waals surface area contributed by atoms with E-state index in [1.807, 2.05) is 12.1 Å². The molecular weight excluding hydrogens is 414 g/mol. The van der Waals surface area contributed by atoms with Gasteiger partial charge in [0.1, 0.15) is 17.5 Å². The van der Waals surface area contributed by atoms with Gasteiger partial charge in [-0.25, -0.2) is 13.5 Å². The van der Waals surface area contributed by atoms with E-state index < -0.39 is 23.5 Å². The van der Waals surface area contributed by atoms with E-state index in [9.17, 15) is 18.4 Å². The number of rotatable bonds is 5. The highest BCUT2D eigenvalue weighted by Crippen LogP contribution is 2.28. The molecule has 2 amide bonds. The third kappa shape index (κ3) is 4.18. The summed E-state index contributed by atoms with van der Waals surface area (Å²) >= 11 is 5.90. The fraction of sp³-hybridized carbons (Fsp3) is 0.190. The predicted octanol–water partition coefficient (Wildman–Crippen LogP) is 3.85. The van der Waals surface area contributed by atoms with Crippen molar-refractivity contribution in [1.29, 1.82) is 0 Å². The van der Waals surface area contributed by atoms with Gasteiger partial charge in [-0.3, -0.25) is 9.59 Å². The zero-order chi connectivity index (χ0) is 21.3. The van der Waals surface area contributed by atoms with E-state index >= 15 is 0 Å². The summed E-state index contributed by atoms with van der Waals surface area (Å²) in [6.45, 7) is 0.439. The van der Waals surface area contributed by atoms with Gasteiger partial charge in [-0.2, -0.15) is 5.10 Å². The topological polar surface area (TPSA) is 67.2 Å². The third-order valence-corrected chi connectivity index (χ3v) is 5.16. The van der Waals surface area contributed by atoms with Gasteiger partial charge >= 0.3 is 0 Å². The van der Waals surface area contributed by atoms with E-state index in [0.717, 1.165) is 11.6 Å². The standard InChI is InChI=1S/C21H17ClF2N4O2/c22-15-3-1-13(2-4-15)11-28-19(7-8-25-28)26-21(30)14-9-20(29)27(12-14)18-6-5-16(23)10-17(18)24/h1-8,10,14H,9,11-12H2,(H,26,30). The van der Waals surface area contributed by atoms with Crippen molar-refractivity contribution in [2.24, 2.45) is 5.92 Å². The number of aromatic nitrogens is 2. The van der Waals surface area contributed by atoms with Gasteiger partial charge in [-0.15, -0.1) is 0 Å². The Balaban J connectivity index is 1.44. The highest BCUT2D eigenvalue weighted by molar-refractivity contribution is 6.30. The molecule has 0 bridgehead atoms. The Bertz CT molecular complexity index is 1100. The highest BCUT2D eigenvalue weighted by Gasteiger charge is 2.36. The SMILES string of the molecule is O=C(Nc1ccnn1Cc1ccc(Cl)cc1)C1CC(=O)N(c2ccc(F)cc2F)C1. The first-order chi connectivity index (χ1) is 14.4. The van der Waals surface area contributed by atoms with Gasteiger partial charge in [0, 0.05) is 30.1 Å². The van der Waals surface area contributed by atoms with Crippen LogP contribution in [0.1, 0.15) is 12.0 Å². The summed E-state index contributed by atoms with van der Waals surface area (Å²) in [7, 11) is 0. The molecule has 0 spiro atoms. The first kappa shape index (κ1) is 20.0. The number of carbonyl (C=O) groups excluding carboxylic acids is 2. The molecule has 4 rings (SSSR count). The van der Waals surface area contributed by atoms with Crippen molar-refractivity contribution in [3.8, 4) is 0 Å². The van der Waals surface area contributed by atoms with Crippen LogP contribution in [0.25, 0.3) is 0 Å².